The van der Waals surface area contributed by atoms with Gasteiger partial charge in [0.2, 0.25) is 0 Å². The molecule has 0 bridgehead atoms. The molecule has 20 heavy (non-hydrogen) atoms. The second-order valence-electron chi connectivity index (χ2n) is 4.75. The van der Waals surface area contributed by atoms with Gasteiger partial charge in [0.25, 0.3) is 0 Å². The van der Waals surface area contributed by atoms with E-state index >= 15 is 0 Å². The van der Waals surface area contributed by atoms with Crippen LogP contribution in [-0.2, 0) is 0 Å². The van der Waals surface area contributed by atoms with Crippen LogP contribution in [0.4, 0.5) is 5.69 Å². The summed E-state index contributed by atoms with van der Waals surface area (Å²) in [5.41, 5.74) is 3.29. The minimum atomic E-state index is -1.47. The maximum atomic E-state index is 9.34. The Hall–Kier alpha value is -2.11. The molecule has 0 unspecified atom stereocenters. The lowest BCUT2D eigenvalue weighted by Crippen LogP contribution is -2.30. The third-order valence-corrected chi connectivity index (χ3v) is 2.93. The van der Waals surface area contributed by atoms with Gasteiger partial charge >= 0.3 is 7.12 Å². The van der Waals surface area contributed by atoms with Crippen molar-refractivity contribution in [2.24, 2.45) is 0 Å². The number of nitrogens with zero attached hydrogens (tertiary/aromatic N) is 2. The molecule has 1 heterocycles. The molecule has 2 rings (SSSR count). The second kappa shape index (κ2) is 6.37. The van der Waals surface area contributed by atoms with Crippen molar-refractivity contribution in [2.45, 2.75) is 0 Å². The van der Waals surface area contributed by atoms with Crippen LogP contribution < -0.4 is 10.4 Å². The van der Waals surface area contributed by atoms with Gasteiger partial charge < -0.3 is 14.9 Å². The number of aromatic nitrogens is 1. The van der Waals surface area contributed by atoms with Crippen LogP contribution >= 0.6 is 0 Å². The fourth-order valence-corrected chi connectivity index (χ4v) is 1.83. The van der Waals surface area contributed by atoms with Crippen molar-refractivity contribution in [3.63, 3.8) is 0 Å². The maximum absolute atomic E-state index is 9.34. The average molecular weight is 268 g/mol. The minimum Gasteiger partial charge on any atom is -0.423 e. The summed E-state index contributed by atoms with van der Waals surface area (Å²) in [6.45, 7) is 0. The van der Waals surface area contributed by atoms with Gasteiger partial charge in [-0.05, 0) is 34.8 Å². The Morgan fingerprint density at radius 1 is 1.10 bits per heavy atom. The van der Waals surface area contributed by atoms with E-state index in [1.807, 2.05) is 49.3 Å². The summed E-state index contributed by atoms with van der Waals surface area (Å²) in [7, 11) is 2.36. The zero-order chi connectivity index (χ0) is 14.5. The van der Waals surface area contributed by atoms with Crippen molar-refractivity contribution >= 4 is 30.4 Å². The van der Waals surface area contributed by atoms with E-state index in [0.29, 0.717) is 5.46 Å². The van der Waals surface area contributed by atoms with Crippen molar-refractivity contribution < 1.29 is 10.0 Å². The van der Waals surface area contributed by atoms with E-state index in [-0.39, 0.29) is 0 Å². The van der Waals surface area contributed by atoms with Crippen LogP contribution in [0.3, 0.4) is 0 Å². The molecule has 0 aliphatic rings. The van der Waals surface area contributed by atoms with Crippen LogP contribution in [0.15, 0.2) is 42.7 Å². The Labute approximate surface area is 119 Å². The average Bonchev–Trinajstić information content (AvgIpc) is 2.45. The fourth-order valence-electron chi connectivity index (χ4n) is 1.83. The Kier molecular flexibility index (Phi) is 4.55. The molecule has 0 atom stereocenters. The normalized spacial score (nSPS) is 10.8. The smallest absolute Gasteiger partial charge is 0.423 e. The third kappa shape index (κ3) is 3.69. The molecule has 4 nitrogen and oxygen atoms in total. The van der Waals surface area contributed by atoms with Crippen molar-refractivity contribution in [3.8, 4) is 0 Å². The molecule has 0 amide bonds. The number of benzene rings is 1. The maximum Gasteiger partial charge on any atom is 0.488 e. The topological polar surface area (TPSA) is 56.6 Å². The summed E-state index contributed by atoms with van der Waals surface area (Å²) < 4.78 is 0. The number of anilines is 1. The van der Waals surface area contributed by atoms with Crippen LogP contribution in [0, 0.1) is 0 Å². The van der Waals surface area contributed by atoms with Gasteiger partial charge in [-0.2, -0.15) is 0 Å². The number of hydrogen-bond donors (Lipinski definition) is 2. The van der Waals surface area contributed by atoms with Gasteiger partial charge in [0.15, 0.2) is 0 Å². The molecular formula is C15H17BN2O2. The molecule has 0 saturated heterocycles. The summed E-state index contributed by atoms with van der Waals surface area (Å²) >= 11 is 0. The third-order valence-electron chi connectivity index (χ3n) is 2.93. The van der Waals surface area contributed by atoms with Gasteiger partial charge in [-0.1, -0.05) is 24.3 Å². The zero-order valence-electron chi connectivity index (χ0n) is 11.6. The van der Waals surface area contributed by atoms with Crippen LogP contribution in [0.5, 0.6) is 0 Å². The predicted octanol–water partition coefficient (Wildman–Crippen LogP) is 0.998. The van der Waals surface area contributed by atoms with E-state index < -0.39 is 7.12 Å². The quantitative estimate of drug-likeness (QED) is 0.812. The lowest BCUT2D eigenvalue weighted by Gasteiger charge is -2.15. The molecule has 0 saturated carbocycles. The highest BCUT2D eigenvalue weighted by molar-refractivity contribution is 6.58. The zero-order valence-corrected chi connectivity index (χ0v) is 11.6. The van der Waals surface area contributed by atoms with Crippen LogP contribution in [0.1, 0.15) is 11.1 Å². The number of rotatable bonds is 4. The van der Waals surface area contributed by atoms with Crippen molar-refractivity contribution in [1.29, 1.82) is 0 Å². The summed E-state index contributed by atoms with van der Waals surface area (Å²) in [5, 5.41) is 18.7. The molecular weight excluding hydrogens is 251 g/mol. The van der Waals surface area contributed by atoms with E-state index in [0.717, 1.165) is 16.8 Å². The van der Waals surface area contributed by atoms with Crippen LogP contribution in [0.25, 0.3) is 12.2 Å². The standard InChI is InChI=1S/C15H17BN2O2/c1-18(2)15-9-13(8-14(10-15)16(19)20)6-5-12-4-3-7-17-11-12/h3-11,19-20H,1-2H3/b6-5+. The summed E-state index contributed by atoms with van der Waals surface area (Å²) in [6.07, 6.45) is 7.36. The Morgan fingerprint density at radius 3 is 2.45 bits per heavy atom. The Bertz CT molecular complexity index is 572. The molecule has 0 aliphatic heterocycles. The molecule has 1 aromatic heterocycles. The molecule has 102 valence electrons. The largest absolute Gasteiger partial charge is 0.488 e. The molecule has 0 aliphatic carbocycles. The fraction of sp³-hybridized carbons (Fsp3) is 0.133. The van der Waals surface area contributed by atoms with Gasteiger partial charge in [-0.15, -0.1) is 0 Å². The lowest BCUT2D eigenvalue weighted by atomic mass is 9.79. The SMILES string of the molecule is CN(C)c1cc(/C=C/c2cccnc2)cc(B(O)O)c1. The lowest BCUT2D eigenvalue weighted by molar-refractivity contribution is 0.426. The molecule has 2 N–H and O–H groups in total. The summed E-state index contributed by atoms with van der Waals surface area (Å²) in [5.74, 6) is 0. The van der Waals surface area contributed by atoms with Crippen LogP contribution in [-0.4, -0.2) is 36.2 Å². The molecule has 1 aromatic carbocycles. The molecule has 2 aromatic rings. The number of pyridine rings is 1. The molecule has 0 radical (unpaired) electrons. The van der Waals surface area contributed by atoms with E-state index in [1.165, 1.54) is 0 Å². The van der Waals surface area contributed by atoms with Gasteiger partial charge in [0.05, 0.1) is 0 Å². The Morgan fingerprint density at radius 2 is 1.85 bits per heavy atom. The number of hydrogen-bond acceptors (Lipinski definition) is 4. The highest BCUT2D eigenvalue weighted by Crippen LogP contribution is 2.15. The van der Waals surface area contributed by atoms with E-state index in [1.54, 1.807) is 24.5 Å². The van der Waals surface area contributed by atoms with Crippen molar-refractivity contribution in [3.05, 3.63) is 53.9 Å². The second-order valence-corrected chi connectivity index (χ2v) is 4.75. The highest BCUT2D eigenvalue weighted by atomic mass is 16.4. The Balaban J connectivity index is 2.33. The first-order chi connectivity index (χ1) is 9.56. The van der Waals surface area contributed by atoms with Crippen molar-refractivity contribution in [1.82, 2.24) is 4.98 Å². The van der Waals surface area contributed by atoms with E-state index in [2.05, 4.69) is 4.98 Å². The molecule has 5 heteroatoms. The first kappa shape index (κ1) is 14.3. The van der Waals surface area contributed by atoms with Gasteiger partial charge in [-0.3, -0.25) is 4.98 Å². The molecule has 0 spiro atoms. The first-order valence-corrected chi connectivity index (χ1v) is 6.33. The van der Waals surface area contributed by atoms with Gasteiger partial charge in [0.1, 0.15) is 0 Å². The predicted molar refractivity (Wildman–Crippen MR) is 83.8 cm³/mol. The van der Waals surface area contributed by atoms with E-state index in [9.17, 15) is 10.0 Å². The van der Waals surface area contributed by atoms with E-state index in [4.69, 9.17) is 0 Å². The van der Waals surface area contributed by atoms with Gasteiger partial charge in [-0.25, -0.2) is 0 Å². The van der Waals surface area contributed by atoms with Crippen molar-refractivity contribution in [2.75, 3.05) is 19.0 Å². The summed E-state index contributed by atoms with van der Waals surface area (Å²) in [6, 6.07) is 9.33. The molecule has 0 fully saturated rings. The first-order valence-electron chi connectivity index (χ1n) is 6.33. The van der Waals surface area contributed by atoms with Crippen LogP contribution in [0.2, 0.25) is 0 Å². The van der Waals surface area contributed by atoms with Gasteiger partial charge in [0, 0.05) is 32.2 Å². The minimum absolute atomic E-state index is 0.474. The monoisotopic (exact) mass is 268 g/mol. The highest BCUT2D eigenvalue weighted by Gasteiger charge is 2.13. The summed E-state index contributed by atoms with van der Waals surface area (Å²) in [4.78, 5) is 5.97.